The van der Waals surface area contributed by atoms with Gasteiger partial charge in [-0.2, -0.15) is 0 Å². The molecule has 1 saturated heterocycles. The molecule has 122 valence electrons. The normalized spacial score (nSPS) is 16.1. The number of carbonyl (C=O) groups is 2. The summed E-state index contributed by atoms with van der Waals surface area (Å²) in [6, 6.07) is 0. The van der Waals surface area contributed by atoms with E-state index in [2.05, 4.69) is 0 Å². The van der Waals surface area contributed by atoms with Crippen molar-refractivity contribution >= 4 is 11.9 Å². The second-order valence-electron chi connectivity index (χ2n) is 6.54. The van der Waals surface area contributed by atoms with E-state index >= 15 is 0 Å². The molecule has 1 fully saturated rings. The summed E-state index contributed by atoms with van der Waals surface area (Å²) in [4.78, 5) is 25.8. The van der Waals surface area contributed by atoms with Gasteiger partial charge in [0.1, 0.15) is 0 Å². The summed E-state index contributed by atoms with van der Waals surface area (Å²) in [5.41, 5.74) is -0.480. The minimum atomic E-state index is -0.480. The summed E-state index contributed by atoms with van der Waals surface area (Å²) in [5.74, 6) is 0.0397. The molecule has 5 nitrogen and oxygen atoms in total. The van der Waals surface area contributed by atoms with Gasteiger partial charge in [0.25, 0.3) is 0 Å². The molecule has 21 heavy (non-hydrogen) atoms. The molecule has 0 unspecified atom stereocenters. The van der Waals surface area contributed by atoms with E-state index in [0.717, 1.165) is 19.3 Å². The van der Waals surface area contributed by atoms with Gasteiger partial charge >= 0.3 is 5.97 Å². The predicted molar refractivity (Wildman–Crippen MR) is 80.9 cm³/mol. The zero-order chi connectivity index (χ0) is 15.9. The summed E-state index contributed by atoms with van der Waals surface area (Å²) < 4.78 is 10.5. The second kappa shape index (κ2) is 8.37. The number of nitrogens with zero attached hydrogens (tertiary/aromatic N) is 1. The molecule has 0 spiro atoms. The van der Waals surface area contributed by atoms with Gasteiger partial charge in [-0.15, -0.1) is 0 Å². The van der Waals surface area contributed by atoms with Crippen LogP contribution in [0.2, 0.25) is 0 Å². The monoisotopic (exact) mass is 299 g/mol. The van der Waals surface area contributed by atoms with Crippen LogP contribution in [0.25, 0.3) is 0 Å². The van der Waals surface area contributed by atoms with E-state index in [1.165, 1.54) is 0 Å². The molecule has 0 aliphatic carbocycles. The first-order chi connectivity index (χ1) is 9.83. The van der Waals surface area contributed by atoms with Crippen molar-refractivity contribution < 1.29 is 19.1 Å². The highest BCUT2D eigenvalue weighted by Crippen LogP contribution is 2.26. The van der Waals surface area contributed by atoms with Gasteiger partial charge in [-0.05, 0) is 40.5 Å². The maximum absolute atomic E-state index is 12.0. The quantitative estimate of drug-likeness (QED) is 0.535. The Bertz CT molecular complexity index is 346. The molecule has 1 heterocycles. The van der Waals surface area contributed by atoms with E-state index < -0.39 is 5.41 Å². The van der Waals surface area contributed by atoms with Gasteiger partial charge in [-0.3, -0.25) is 9.59 Å². The third-order valence-corrected chi connectivity index (χ3v) is 3.70. The minimum Gasteiger partial charge on any atom is -0.463 e. The van der Waals surface area contributed by atoms with Crippen LogP contribution < -0.4 is 0 Å². The molecule has 1 aliphatic heterocycles. The van der Waals surface area contributed by atoms with Crippen molar-refractivity contribution in [3.63, 3.8) is 0 Å². The number of esters is 1. The lowest BCUT2D eigenvalue weighted by molar-refractivity contribution is -0.158. The maximum Gasteiger partial charge on any atom is 0.311 e. The summed E-state index contributed by atoms with van der Waals surface area (Å²) in [6.07, 6.45) is 2.88. The first kappa shape index (κ1) is 18.0. The van der Waals surface area contributed by atoms with Gasteiger partial charge in [0.2, 0.25) is 5.91 Å². The molecule has 0 radical (unpaired) electrons. The Hall–Kier alpha value is -1.10. The Morgan fingerprint density at radius 3 is 2.38 bits per heavy atom. The topological polar surface area (TPSA) is 55.8 Å². The molecule has 0 aromatic carbocycles. The number of hydrogen-bond donors (Lipinski definition) is 0. The van der Waals surface area contributed by atoms with Crippen molar-refractivity contribution in [2.75, 3.05) is 26.3 Å². The maximum atomic E-state index is 12.0. The van der Waals surface area contributed by atoms with E-state index in [4.69, 9.17) is 9.47 Å². The van der Waals surface area contributed by atoms with Crippen LogP contribution in [0, 0.1) is 5.41 Å². The van der Waals surface area contributed by atoms with E-state index in [0.29, 0.717) is 32.7 Å². The van der Waals surface area contributed by atoms with Gasteiger partial charge in [-0.1, -0.05) is 6.42 Å². The predicted octanol–water partition coefficient (Wildman–Crippen LogP) is 2.38. The first-order valence-electron chi connectivity index (χ1n) is 7.89. The van der Waals surface area contributed by atoms with Crippen LogP contribution in [0.15, 0.2) is 0 Å². The Kier molecular flexibility index (Phi) is 7.15. The van der Waals surface area contributed by atoms with E-state index in [1.807, 2.05) is 32.6 Å². The lowest BCUT2D eigenvalue weighted by Gasteiger charge is -2.27. The third kappa shape index (κ3) is 6.46. The van der Waals surface area contributed by atoms with Crippen LogP contribution in [0.1, 0.15) is 53.4 Å². The highest BCUT2D eigenvalue weighted by Gasteiger charge is 2.29. The number of rotatable bonds is 7. The lowest BCUT2D eigenvalue weighted by atomic mass is 9.87. The molecule has 0 aromatic rings. The Morgan fingerprint density at radius 1 is 1.19 bits per heavy atom. The molecule has 0 N–H and O–H groups in total. The fourth-order valence-electron chi connectivity index (χ4n) is 2.29. The standard InChI is InChI=1S/C16H29NO4/c1-13(2)21-15(19)16(3,4)8-6-5-7-14(18)17-9-11-20-12-10-17/h13H,5-12H2,1-4H3. The van der Waals surface area contributed by atoms with Crippen molar-refractivity contribution in [3.8, 4) is 0 Å². The van der Waals surface area contributed by atoms with Gasteiger partial charge in [0.05, 0.1) is 24.7 Å². The fraction of sp³-hybridized carbons (Fsp3) is 0.875. The van der Waals surface area contributed by atoms with Gasteiger partial charge in [0.15, 0.2) is 0 Å². The fourth-order valence-corrected chi connectivity index (χ4v) is 2.29. The molecule has 0 bridgehead atoms. The molecule has 0 aromatic heterocycles. The molecule has 5 heteroatoms. The van der Waals surface area contributed by atoms with Crippen molar-refractivity contribution in [3.05, 3.63) is 0 Å². The lowest BCUT2D eigenvalue weighted by Crippen LogP contribution is -2.40. The van der Waals surface area contributed by atoms with Crippen molar-refractivity contribution in [1.29, 1.82) is 0 Å². The third-order valence-electron chi connectivity index (χ3n) is 3.70. The largest absolute Gasteiger partial charge is 0.463 e. The van der Waals surface area contributed by atoms with Gasteiger partial charge in [-0.25, -0.2) is 0 Å². The minimum absolute atomic E-state index is 0.0836. The number of carbonyl (C=O) groups excluding carboxylic acids is 2. The molecule has 0 atom stereocenters. The zero-order valence-electron chi connectivity index (χ0n) is 13.8. The van der Waals surface area contributed by atoms with E-state index in [1.54, 1.807) is 0 Å². The summed E-state index contributed by atoms with van der Waals surface area (Å²) in [5, 5.41) is 0. The van der Waals surface area contributed by atoms with Crippen LogP contribution in [-0.2, 0) is 19.1 Å². The summed E-state index contributed by atoms with van der Waals surface area (Å²) in [6.45, 7) is 10.2. The second-order valence-corrected chi connectivity index (χ2v) is 6.54. The number of ether oxygens (including phenoxy) is 2. The van der Waals surface area contributed by atoms with Crippen molar-refractivity contribution in [2.24, 2.45) is 5.41 Å². The zero-order valence-corrected chi connectivity index (χ0v) is 13.8. The van der Waals surface area contributed by atoms with Crippen LogP contribution in [0.4, 0.5) is 0 Å². The SMILES string of the molecule is CC(C)OC(=O)C(C)(C)CCCCC(=O)N1CCOCC1. The van der Waals surface area contributed by atoms with Crippen molar-refractivity contribution in [1.82, 2.24) is 4.90 Å². The van der Waals surface area contributed by atoms with E-state index in [9.17, 15) is 9.59 Å². The smallest absolute Gasteiger partial charge is 0.311 e. The average Bonchev–Trinajstić information content (AvgIpc) is 2.43. The molecule has 1 aliphatic rings. The Morgan fingerprint density at radius 2 is 1.81 bits per heavy atom. The van der Waals surface area contributed by atoms with Crippen LogP contribution in [0.5, 0.6) is 0 Å². The van der Waals surface area contributed by atoms with Crippen molar-refractivity contribution in [2.45, 2.75) is 59.5 Å². The van der Waals surface area contributed by atoms with Gasteiger partial charge < -0.3 is 14.4 Å². The van der Waals surface area contributed by atoms with Crippen LogP contribution >= 0.6 is 0 Å². The first-order valence-corrected chi connectivity index (χ1v) is 7.89. The Balaban J connectivity index is 2.23. The number of morpholine rings is 1. The Labute approximate surface area is 128 Å². The number of amides is 1. The highest BCUT2D eigenvalue weighted by molar-refractivity contribution is 5.76. The highest BCUT2D eigenvalue weighted by atomic mass is 16.5. The van der Waals surface area contributed by atoms with Crippen LogP contribution in [-0.4, -0.2) is 49.2 Å². The van der Waals surface area contributed by atoms with Crippen LogP contribution in [0.3, 0.4) is 0 Å². The number of unbranched alkanes of at least 4 members (excludes halogenated alkanes) is 1. The molecule has 1 amide bonds. The summed E-state index contributed by atoms with van der Waals surface area (Å²) >= 11 is 0. The molecule has 0 saturated carbocycles. The summed E-state index contributed by atoms with van der Waals surface area (Å²) in [7, 11) is 0. The van der Waals surface area contributed by atoms with Gasteiger partial charge in [0, 0.05) is 19.5 Å². The number of hydrogen-bond acceptors (Lipinski definition) is 4. The molecular formula is C16H29NO4. The van der Waals surface area contributed by atoms with E-state index in [-0.39, 0.29) is 18.0 Å². The molecule has 1 rings (SSSR count). The molecular weight excluding hydrogens is 270 g/mol. The average molecular weight is 299 g/mol.